The number of hydrogen-bond acceptors (Lipinski definition) is 5. The zero-order valence-corrected chi connectivity index (χ0v) is 11.2. The molecule has 7 heteroatoms. The molecule has 0 fully saturated rings. The molecule has 0 saturated carbocycles. The third-order valence-electron chi connectivity index (χ3n) is 2.81. The molecule has 1 aromatic rings. The Hall–Kier alpha value is -1.08. The van der Waals surface area contributed by atoms with E-state index in [2.05, 4.69) is 4.98 Å². The molecule has 1 aliphatic carbocycles. The highest BCUT2D eigenvalue weighted by Gasteiger charge is 2.27. The highest BCUT2D eigenvalue weighted by molar-refractivity contribution is 8.01. The standard InChI is InChI=1S/C11H13NO4S2/c13-9(14)3-4-17-11-12-7-2-1-6(10(15)16)5-8(7)18-11/h6H,1-5H2,(H,13,14)(H,15,16). The van der Waals surface area contributed by atoms with Crippen molar-refractivity contribution in [1.29, 1.82) is 0 Å². The van der Waals surface area contributed by atoms with Crippen LogP contribution in [0.3, 0.4) is 0 Å². The molecule has 0 saturated heterocycles. The van der Waals surface area contributed by atoms with Gasteiger partial charge in [0.1, 0.15) is 4.34 Å². The maximum absolute atomic E-state index is 10.9. The van der Waals surface area contributed by atoms with Gasteiger partial charge in [-0.15, -0.1) is 11.3 Å². The zero-order valence-electron chi connectivity index (χ0n) is 9.59. The van der Waals surface area contributed by atoms with Crippen LogP contribution < -0.4 is 0 Å². The number of nitrogens with zero attached hydrogens (tertiary/aromatic N) is 1. The predicted molar refractivity (Wildman–Crippen MR) is 68.2 cm³/mol. The average Bonchev–Trinajstić information content (AvgIpc) is 2.69. The number of aryl methyl sites for hydroxylation is 1. The summed E-state index contributed by atoms with van der Waals surface area (Å²) in [6, 6.07) is 0. The summed E-state index contributed by atoms with van der Waals surface area (Å²) in [7, 11) is 0. The number of carbonyl (C=O) groups is 2. The molecule has 2 rings (SSSR count). The first-order chi connectivity index (χ1) is 8.56. The maximum atomic E-state index is 10.9. The summed E-state index contributed by atoms with van der Waals surface area (Å²) in [5.74, 6) is -1.34. The zero-order chi connectivity index (χ0) is 13.1. The van der Waals surface area contributed by atoms with Gasteiger partial charge >= 0.3 is 11.9 Å². The molecule has 1 atom stereocenters. The fourth-order valence-corrected chi connectivity index (χ4v) is 4.18. The molecule has 1 aromatic heterocycles. The summed E-state index contributed by atoms with van der Waals surface area (Å²) in [6.07, 6.45) is 2.03. The minimum absolute atomic E-state index is 0.118. The molecule has 0 amide bonds. The Bertz CT molecular complexity index is 472. The number of aliphatic carboxylic acids is 2. The molecule has 0 spiro atoms. The van der Waals surface area contributed by atoms with E-state index in [9.17, 15) is 9.59 Å². The van der Waals surface area contributed by atoms with Crippen molar-refractivity contribution in [3.8, 4) is 0 Å². The molecular weight excluding hydrogens is 274 g/mol. The van der Waals surface area contributed by atoms with Gasteiger partial charge in [0.05, 0.1) is 18.0 Å². The Morgan fingerprint density at radius 3 is 2.89 bits per heavy atom. The lowest BCUT2D eigenvalue weighted by molar-refractivity contribution is -0.142. The minimum atomic E-state index is -0.810. The van der Waals surface area contributed by atoms with Gasteiger partial charge in [-0.05, 0) is 19.3 Å². The summed E-state index contributed by atoms with van der Waals surface area (Å²) >= 11 is 2.93. The van der Waals surface area contributed by atoms with Crippen LogP contribution in [0.15, 0.2) is 4.34 Å². The molecule has 1 aliphatic rings. The first-order valence-electron chi connectivity index (χ1n) is 5.62. The second-order valence-corrected chi connectivity index (χ2v) is 6.55. The van der Waals surface area contributed by atoms with Crippen LogP contribution in [-0.4, -0.2) is 32.9 Å². The number of thiazole rings is 1. The van der Waals surface area contributed by atoms with Crippen molar-refractivity contribution >= 4 is 35.0 Å². The fourth-order valence-electron chi connectivity index (χ4n) is 1.85. The number of carboxylic acids is 2. The lowest BCUT2D eigenvalue weighted by Gasteiger charge is -2.16. The van der Waals surface area contributed by atoms with Gasteiger partial charge in [-0.3, -0.25) is 9.59 Å². The van der Waals surface area contributed by atoms with Crippen LogP contribution in [0.2, 0.25) is 0 Å². The Labute approximate surface area is 112 Å². The molecular formula is C11H13NO4S2. The third kappa shape index (κ3) is 3.23. The number of carboxylic acid groups (broad SMARTS) is 2. The summed E-state index contributed by atoms with van der Waals surface area (Å²) in [5.41, 5.74) is 0.996. The van der Waals surface area contributed by atoms with Gasteiger partial charge in [0.15, 0.2) is 0 Å². The van der Waals surface area contributed by atoms with Crippen LogP contribution in [0.5, 0.6) is 0 Å². The van der Waals surface area contributed by atoms with E-state index in [1.807, 2.05) is 0 Å². The molecule has 1 unspecified atom stereocenters. The van der Waals surface area contributed by atoms with Crippen LogP contribution in [0.4, 0.5) is 0 Å². The third-order valence-corrected chi connectivity index (χ3v) is 5.08. The van der Waals surface area contributed by atoms with E-state index in [1.54, 1.807) is 0 Å². The van der Waals surface area contributed by atoms with Crippen molar-refractivity contribution < 1.29 is 19.8 Å². The lowest BCUT2D eigenvalue weighted by Crippen LogP contribution is -2.21. The van der Waals surface area contributed by atoms with E-state index in [1.165, 1.54) is 23.1 Å². The fraction of sp³-hybridized carbons (Fsp3) is 0.545. The van der Waals surface area contributed by atoms with E-state index in [4.69, 9.17) is 10.2 Å². The molecule has 2 N–H and O–H groups in total. The van der Waals surface area contributed by atoms with Crippen LogP contribution >= 0.6 is 23.1 Å². The number of rotatable bonds is 5. The minimum Gasteiger partial charge on any atom is -0.481 e. The highest BCUT2D eigenvalue weighted by Crippen LogP contribution is 2.34. The summed E-state index contributed by atoms with van der Waals surface area (Å²) in [5, 5.41) is 17.5. The van der Waals surface area contributed by atoms with E-state index in [0.717, 1.165) is 14.9 Å². The van der Waals surface area contributed by atoms with E-state index in [0.29, 0.717) is 25.0 Å². The van der Waals surface area contributed by atoms with Gasteiger partial charge in [0.2, 0.25) is 0 Å². The predicted octanol–water partition coefficient (Wildman–Crippen LogP) is 1.90. The number of aromatic nitrogens is 1. The van der Waals surface area contributed by atoms with Gasteiger partial charge in [0.25, 0.3) is 0 Å². The van der Waals surface area contributed by atoms with E-state index in [-0.39, 0.29) is 12.3 Å². The second kappa shape index (κ2) is 5.71. The topological polar surface area (TPSA) is 87.5 Å². The van der Waals surface area contributed by atoms with Crippen molar-refractivity contribution in [1.82, 2.24) is 4.98 Å². The summed E-state index contributed by atoms with van der Waals surface area (Å²) < 4.78 is 0.854. The molecule has 0 bridgehead atoms. The van der Waals surface area contributed by atoms with Crippen molar-refractivity contribution in [2.24, 2.45) is 5.92 Å². The first kappa shape index (κ1) is 13.4. The Morgan fingerprint density at radius 1 is 1.44 bits per heavy atom. The smallest absolute Gasteiger partial charge is 0.306 e. The van der Waals surface area contributed by atoms with Crippen LogP contribution in [0, 0.1) is 5.92 Å². The van der Waals surface area contributed by atoms with Crippen molar-refractivity contribution in [3.63, 3.8) is 0 Å². The Morgan fingerprint density at radius 2 is 2.22 bits per heavy atom. The molecule has 1 heterocycles. The van der Waals surface area contributed by atoms with Gasteiger partial charge in [0, 0.05) is 10.6 Å². The Kier molecular flexibility index (Phi) is 4.23. The van der Waals surface area contributed by atoms with Crippen molar-refractivity contribution in [3.05, 3.63) is 10.6 Å². The monoisotopic (exact) mass is 287 g/mol. The highest BCUT2D eigenvalue weighted by atomic mass is 32.2. The van der Waals surface area contributed by atoms with Gasteiger partial charge in [-0.1, -0.05) is 11.8 Å². The second-order valence-electron chi connectivity index (χ2n) is 4.12. The summed E-state index contributed by atoms with van der Waals surface area (Å²) in [4.78, 5) is 26.8. The average molecular weight is 287 g/mol. The van der Waals surface area contributed by atoms with Gasteiger partial charge < -0.3 is 10.2 Å². The molecule has 0 aromatic carbocycles. The van der Waals surface area contributed by atoms with Crippen LogP contribution in [0.25, 0.3) is 0 Å². The number of thioether (sulfide) groups is 1. The molecule has 18 heavy (non-hydrogen) atoms. The first-order valence-corrected chi connectivity index (χ1v) is 7.42. The number of hydrogen-bond donors (Lipinski definition) is 2. The molecule has 0 radical (unpaired) electrons. The number of fused-ring (bicyclic) bond motifs is 1. The molecule has 5 nitrogen and oxygen atoms in total. The van der Waals surface area contributed by atoms with Crippen LogP contribution in [0.1, 0.15) is 23.4 Å². The largest absolute Gasteiger partial charge is 0.481 e. The molecule has 0 aliphatic heterocycles. The van der Waals surface area contributed by atoms with Gasteiger partial charge in [-0.2, -0.15) is 0 Å². The van der Waals surface area contributed by atoms with Gasteiger partial charge in [-0.25, -0.2) is 4.98 Å². The molecule has 98 valence electrons. The van der Waals surface area contributed by atoms with Crippen LogP contribution in [-0.2, 0) is 22.4 Å². The quantitative estimate of drug-likeness (QED) is 0.804. The van der Waals surface area contributed by atoms with E-state index < -0.39 is 11.9 Å². The lowest BCUT2D eigenvalue weighted by atomic mass is 9.91. The summed E-state index contributed by atoms with van der Waals surface area (Å²) in [6.45, 7) is 0. The van der Waals surface area contributed by atoms with E-state index >= 15 is 0 Å². The van der Waals surface area contributed by atoms with Crippen molar-refractivity contribution in [2.45, 2.75) is 30.0 Å². The maximum Gasteiger partial charge on any atom is 0.306 e. The van der Waals surface area contributed by atoms with Crippen molar-refractivity contribution in [2.75, 3.05) is 5.75 Å². The Balaban J connectivity index is 1.97. The normalized spacial score (nSPS) is 18.3. The SMILES string of the molecule is O=C(O)CCSc1nc2c(s1)CC(C(=O)O)CC2.